The fourth-order valence-electron chi connectivity index (χ4n) is 1.84. The lowest BCUT2D eigenvalue weighted by Gasteiger charge is -2.14. The number of nitrogens with one attached hydrogen (secondary N) is 2. The van der Waals surface area contributed by atoms with Gasteiger partial charge < -0.3 is 11.1 Å². The summed E-state index contributed by atoms with van der Waals surface area (Å²) in [5.74, 6) is -0.0375. The summed E-state index contributed by atoms with van der Waals surface area (Å²) in [6.45, 7) is 3.65. The SMILES string of the molecule is Cc1[nH]nc(N)c1C(=O)NC(C)c1ccc(Cl)cc1. The number of hydrogen-bond donors (Lipinski definition) is 3. The Morgan fingerprint density at radius 1 is 1.42 bits per heavy atom. The number of hydrogen-bond acceptors (Lipinski definition) is 3. The summed E-state index contributed by atoms with van der Waals surface area (Å²) in [5, 5.41) is 10.0. The van der Waals surface area contributed by atoms with Crippen molar-refractivity contribution < 1.29 is 4.79 Å². The van der Waals surface area contributed by atoms with E-state index in [1.54, 1.807) is 19.1 Å². The van der Waals surface area contributed by atoms with Crippen LogP contribution in [0.5, 0.6) is 0 Å². The Morgan fingerprint density at radius 3 is 2.58 bits per heavy atom. The zero-order chi connectivity index (χ0) is 14.0. The molecule has 0 aliphatic rings. The molecule has 2 aromatic rings. The maximum atomic E-state index is 12.1. The number of nitrogens with two attached hydrogens (primary N) is 1. The molecule has 2 rings (SSSR count). The van der Waals surface area contributed by atoms with Gasteiger partial charge in [-0.2, -0.15) is 5.10 Å². The van der Waals surface area contributed by atoms with Gasteiger partial charge in [-0.25, -0.2) is 0 Å². The molecule has 1 amide bonds. The molecular formula is C13H15ClN4O. The van der Waals surface area contributed by atoms with E-state index in [2.05, 4.69) is 15.5 Å². The van der Waals surface area contributed by atoms with Crippen LogP contribution in [0, 0.1) is 6.92 Å². The first-order valence-electron chi connectivity index (χ1n) is 5.86. The zero-order valence-corrected chi connectivity index (χ0v) is 11.5. The third kappa shape index (κ3) is 2.88. The van der Waals surface area contributed by atoms with Gasteiger partial charge in [0.05, 0.1) is 6.04 Å². The van der Waals surface area contributed by atoms with Crippen LogP contribution in [-0.4, -0.2) is 16.1 Å². The number of anilines is 1. The molecule has 0 radical (unpaired) electrons. The number of benzene rings is 1. The number of halogens is 1. The third-order valence-corrected chi connectivity index (χ3v) is 3.17. The molecule has 0 bridgehead atoms. The first-order chi connectivity index (χ1) is 8.99. The zero-order valence-electron chi connectivity index (χ0n) is 10.7. The smallest absolute Gasteiger partial charge is 0.257 e. The van der Waals surface area contributed by atoms with Crippen LogP contribution in [0.3, 0.4) is 0 Å². The van der Waals surface area contributed by atoms with Crippen LogP contribution in [-0.2, 0) is 0 Å². The molecule has 4 N–H and O–H groups in total. The molecule has 1 atom stereocenters. The van der Waals surface area contributed by atoms with E-state index in [1.165, 1.54) is 0 Å². The number of rotatable bonds is 3. The highest BCUT2D eigenvalue weighted by molar-refractivity contribution is 6.30. The first-order valence-corrected chi connectivity index (χ1v) is 6.23. The van der Waals surface area contributed by atoms with Crippen LogP contribution < -0.4 is 11.1 Å². The molecule has 19 heavy (non-hydrogen) atoms. The van der Waals surface area contributed by atoms with Gasteiger partial charge in [-0.1, -0.05) is 23.7 Å². The summed E-state index contributed by atoms with van der Waals surface area (Å²) in [4.78, 5) is 12.1. The number of carbonyl (C=O) groups is 1. The molecule has 100 valence electrons. The van der Waals surface area contributed by atoms with E-state index in [4.69, 9.17) is 17.3 Å². The Morgan fingerprint density at radius 2 is 2.05 bits per heavy atom. The molecule has 1 unspecified atom stereocenters. The van der Waals surface area contributed by atoms with E-state index in [-0.39, 0.29) is 17.8 Å². The molecule has 1 aromatic carbocycles. The van der Waals surface area contributed by atoms with Crippen LogP contribution in [0.25, 0.3) is 0 Å². The van der Waals surface area contributed by atoms with Crippen LogP contribution in [0.2, 0.25) is 5.02 Å². The first kappa shape index (κ1) is 13.4. The molecule has 0 saturated heterocycles. The molecule has 0 fully saturated rings. The van der Waals surface area contributed by atoms with Gasteiger partial charge >= 0.3 is 0 Å². The van der Waals surface area contributed by atoms with Gasteiger partial charge in [-0.15, -0.1) is 0 Å². The predicted molar refractivity (Wildman–Crippen MR) is 75.1 cm³/mol. The van der Waals surface area contributed by atoms with Crippen LogP contribution in [0.1, 0.15) is 34.6 Å². The fourth-order valence-corrected chi connectivity index (χ4v) is 1.96. The molecule has 5 nitrogen and oxygen atoms in total. The van der Waals surface area contributed by atoms with Crippen molar-refractivity contribution in [3.63, 3.8) is 0 Å². The highest BCUT2D eigenvalue weighted by Gasteiger charge is 2.18. The average molecular weight is 279 g/mol. The highest BCUT2D eigenvalue weighted by atomic mass is 35.5. The lowest BCUT2D eigenvalue weighted by Crippen LogP contribution is -2.27. The van der Waals surface area contributed by atoms with Crippen molar-refractivity contribution in [2.24, 2.45) is 0 Å². The Labute approximate surface area is 116 Å². The summed E-state index contributed by atoms with van der Waals surface area (Å²) in [6.07, 6.45) is 0. The molecule has 0 aliphatic carbocycles. The Kier molecular flexibility index (Phi) is 3.76. The molecular weight excluding hydrogens is 264 g/mol. The van der Waals surface area contributed by atoms with Crippen molar-refractivity contribution in [1.82, 2.24) is 15.5 Å². The quantitative estimate of drug-likeness (QED) is 0.806. The summed E-state index contributed by atoms with van der Waals surface area (Å²) in [7, 11) is 0. The monoisotopic (exact) mass is 278 g/mol. The summed E-state index contributed by atoms with van der Waals surface area (Å²) in [6, 6.07) is 7.18. The average Bonchev–Trinajstić information content (AvgIpc) is 2.69. The number of nitrogens with zero attached hydrogens (tertiary/aromatic N) is 1. The van der Waals surface area contributed by atoms with E-state index in [9.17, 15) is 4.79 Å². The maximum Gasteiger partial charge on any atom is 0.257 e. The van der Waals surface area contributed by atoms with Crippen molar-refractivity contribution in [3.05, 3.63) is 46.1 Å². The Balaban J connectivity index is 2.13. The van der Waals surface area contributed by atoms with Gasteiger partial charge in [0.25, 0.3) is 5.91 Å². The second-order valence-corrected chi connectivity index (χ2v) is 4.79. The minimum absolute atomic E-state index is 0.140. The lowest BCUT2D eigenvalue weighted by atomic mass is 10.1. The van der Waals surface area contributed by atoms with Gasteiger partial charge in [0.2, 0.25) is 0 Å². The molecule has 0 spiro atoms. The van der Waals surface area contributed by atoms with Crippen molar-refractivity contribution in [1.29, 1.82) is 0 Å². The van der Waals surface area contributed by atoms with Crippen molar-refractivity contribution in [2.75, 3.05) is 5.73 Å². The summed E-state index contributed by atoms with van der Waals surface area (Å²) in [5.41, 5.74) is 7.67. The second kappa shape index (κ2) is 5.32. The van der Waals surface area contributed by atoms with Crippen molar-refractivity contribution in [2.45, 2.75) is 19.9 Å². The third-order valence-electron chi connectivity index (χ3n) is 2.92. The van der Waals surface area contributed by atoms with Gasteiger partial charge in [0, 0.05) is 10.7 Å². The number of amides is 1. The predicted octanol–water partition coefficient (Wildman–Crippen LogP) is 2.44. The molecule has 6 heteroatoms. The molecule has 1 aromatic heterocycles. The fraction of sp³-hybridized carbons (Fsp3) is 0.231. The number of aromatic nitrogens is 2. The van der Waals surface area contributed by atoms with E-state index in [1.807, 2.05) is 19.1 Å². The van der Waals surface area contributed by atoms with E-state index in [0.29, 0.717) is 16.3 Å². The van der Waals surface area contributed by atoms with Crippen molar-refractivity contribution in [3.8, 4) is 0 Å². The second-order valence-electron chi connectivity index (χ2n) is 4.36. The van der Waals surface area contributed by atoms with Crippen LogP contribution in [0.4, 0.5) is 5.82 Å². The Hall–Kier alpha value is -2.01. The normalized spacial score (nSPS) is 12.2. The number of aromatic amines is 1. The van der Waals surface area contributed by atoms with Gasteiger partial charge in [-0.3, -0.25) is 9.89 Å². The number of nitrogen functional groups attached to an aromatic ring is 1. The number of carbonyl (C=O) groups excluding carboxylic acids is 1. The van der Waals surface area contributed by atoms with Crippen LogP contribution >= 0.6 is 11.6 Å². The van der Waals surface area contributed by atoms with Crippen LogP contribution in [0.15, 0.2) is 24.3 Å². The van der Waals surface area contributed by atoms with E-state index >= 15 is 0 Å². The van der Waals surface area contributed by atoms with Crippen molar-refractivity contribution >= 4 is 23.3 Å². The summed E-state index contributed by atoms with van der Waals surface area (Å²) >= 11 is 5.83. The maximum absolute atomic E-state index is 12.1. The van der Waals surface area contributed by atoms with E-state index < -0.39 is 0 Å². The molecule has 0 saturated carbocycles. The largest absolute Gasteiger partial charge is 0.382 e. The Bertz CT molecular complexity index is 572. The number of H-pyrrole nitrogens is 1. The topological polar surface area (TPSA) is 83.8 Å². The van der Waals surface area contributed by atoms with E-state index in [0.717, 1.165) is 5.56 Å². The van der Waals surface area contributed by atoms with Gasteiger partial charge in [0.15, 0.2) is 5.82 Å². The summed E-state index contributed by atoms with van der Waals surface area (Å²) < 4.78 is 0. The minimum Gasteiger partial charge on any atom is -0.382 e. The molecule has 0 aliphatic heterocycles. The minimum atomic E-state index is -0.244. The number of aryl methyl sites for hydroxylation is 1. The lowest BCUT2D eigenvalue weighted by molar-refractivity contribution is 0.0940. The van der Waals surface area contributed by atoms with Gasteiger partial charge in [-0.05, 0) is 31.5 Å². The molecule has 1 heterocycles. The standard InChI is InChI=1S/C13H15ClN4O/c1-7(9-3-5-10(14)6-4-9)16-13(19)11-8(2)17-18-12(11)15/h3-7H,1-2H3,(H,16,19)(H3,15,17,18). The highest BCUT2D eigenvalue weighted by Crippen LogP contribution is 2.18. The van der Waals surface area contributed by atoms with Gasteiger partial charge in [0.1, 0.15) is 5.56 Å².